The maximum atomic E-state index is 12.5. The minimum atomic E-state index is -2.39. The van der Waals surface area contributed by atoms with Crippen molar-refractivity contribution in [2.45, 2.75) is 38.5 Å². The van der Waals surface area contributed by atoms with Crippen molar-refractivity contribution in [3.8, 4) is 0 Å². The normalized spacial score (nSPS) is 17.7. The average Bonchev–Trinajstić information content (AvgIpc) is 2.48. The largest absolute Gasteiger partial charge is 0.316 e. The summed E-state index contributed by atoms with van der Waals surface area (Å²) < 4.78 is 25.1. The lowest BCUT2D eigenvalue weighted by molar-refractivity contribution is 0.151. The topological polar surface area (TPSA) is 12.0 Å². The van der Waals surface area contributed by atoms with Crippen molar-refractivity contribution in [3.63, 3.8) is 0 Å². The Balaban J connectivity index is 2.14. The van der Waals surface area contributed by atoms with Crippen LogP contribution in [0.25, 0.3) is 6.08 Å². The van der Waals surface area contributed by atoms with E-state index in [9.17, 15) is 8.78 Å². The van der Waals surface area contributed by atoms with Crippen LogP contribution in [-0.2, 0) is 0 Å². The van der Waals surface area contributed by atoms with E-state index in [0.717, 1.165) is 12.1 Å². The second-order valence-electron chi connectivity index (χ2n) is 5.55. The quantitative estimate of drug-likeness (QED) is 0.815. The molecule has 0 unspecified atom stereocenters. The van der Waals surface area contributed by atoms with Gasteiger partial charge in [-0.05, 0) is 31.4 Å². The number of alkyl halides is 2. The fraction of sp³-hybridized carbons (Fsp3) is 0.529. The van der Waals surface area contributed by atoms with Crippen LogP contribution in [-0.4, -0.2) is 13.6 Å². The summed E-state index contributed by atoms with van der Waals surface area (Å²) in [4.78, 5) is 0. The van der Waals surface area contributed by atoms with Crippen molar-refractivity contribution in [1.82, 2.24) is 5.32 Å². The first-order valence-corrected chi connectivity index (χ1v) is 7.44. The number of nitrogens with one attached hydrogen (secondary N) is 1. The summed E-state index contributed by atoms with van der Waals surface area (Å²) >= 11 is 0. The highest BCUT2D eigenvalue weighted by atomic mass is 19.3. The molecule has 0 heterocycles. The average molecular weight is 279 g/mol. The molecule has 1 nitrogen and oxygen atoms in total. The van der Waals surface area contributed by atoms with Gasteiger partial charge in [-0.15, -0.1) is 0 Å². The summed E-state index contributed by atoms with van der Waals surface area (Å²) in [5.74, 6) is 0.644. The molecule has 1 aromatic rings. The highest BCUT2D eigenvalue weighted by Crippen LogP contribution is 2.30. The zero-order valence-electron chi connectivity index (χ0n) is 12.0. The van der Waals surface area contributed by atoms with E-state index in [2.05, 4.69) is 11.4 Å². The first-order chi connectivity index (χ1) is 9.70. The third-order valence-electron chi connectivity index (χ3n) is 4.05. The summed E-state index contributed by atoms with van der Waals surface area (Å²) in [6.45, 7) is 0.876. The van der Waals surface area contributed by atoms with Crippen LogP contribution >= 0.6 is 0 Å². The molecule has 1 saturated carbocycles. The second-order valence-corrected chi connectivity index (χ2v) is 5.55. The van der Waals surface area contributed by atoms with E-state index in [0.29, 0.717) is 5.92 Å². The van der Waals surface area contributed by atoms with Gasteiger partial charge < -0.3 is 5.32 Å². The maximum absolute atomic E-state index is 12.5. The summed E-state index contributed by atoms with van der Waals surface area (Å²) in [5, 5.41) is 3.23. The van der Waals surface area contributed by atoms with E-state index in [1.165, 1.54) is 49.8 Å². The number of rotatable bonds is 5. The zero-order valence-corrected chi connectivity index (χ0v) is 12.0. The van der Waals surface area contributed by atoms with E-state index >= 15 is 0 Å². The summed E-state index contributed by atoms with van der Waals surface area (Å²) in [7, 11) is 1.95. The molecule has 0 radical (unpaired) electrons. The first-order valence-electron chi connectivity index (χ1n) is 7.44. The Morgan fingerprint density at radius 1 is 1.20 bits per heavy atom. The van der Waals surface area contributed by atoms with Gasteiger partial charge in [-0.3, -0.25) is 0 Å². The zero-order chi connectivity index (χ0) is 14.4. The highest BCUT2D eigenvalue weighted by molar-refractivity contribution is 5.54. The molecular formula is C17H23F2N. The molecule has 110 valence electrons. The van der Waals surface area contributed by atoms with Gasteiger partial charge in [0.25, 0.3) is 6.43 Å². The Kier molecular flexibility index (Phi) is 5.72. The third-order valence-corrected chi connectivity index (χ3v) is 4.05. The highest BCUT2D eigenvalue weighted by Gasteiger charge is 2.17. The van der Waals surface area contributed by atoms with Crippen LogP contribution in [0.4, 0.5) is 8.78 Å². The van der Waals surface area contributed by atoms with Crippen molar-refractivity contribution in [1.29, 1.82) is 0 Å². The first kappa shape index (κ1) is 15.2. The van der Waals surface area contributed by atoms with E-state index in [1.54, 1.807) is 12.1 Å². The SMILES string of the molecule is CNC/C(=C/c1ccc(C(F)F)cc1)C1CCCCC1. The van der Waals surface area contributed by atoms with Crippen LogP contribution in [0.5, 0.6) is 0 Å². The van der Waals surface area contributed by atoms with E-state index < -0.39 is 6.43 Å². The lowest BCUT2D eigenvalue weighted by Gasteiger charge is -2.24. The number of likely N-dealkylation sites (N-methyl/N-ethyl adjacent to an activating group) is 1. The van der Waals surface area contributed by atoms with Gasteiger partial charge in [0.05, 0.1) is 0 Å². The van der Waals surface area contributed by atoms with Crippen LogP contribution in [0, 0.1) is 5.92 Å². The lowest BCUT2D eigenvalue weighted by atomic mass is 9.83. The standard InChI is InChI=1S/C17H23F2N/c1-20-12-16(14-5-3-2-4-6-14)11-13-7-9-15(10-8-13)17(18)19/h7-11,14,17,20H,2-6,12H2,1H3/b16-11-. The molecule has 1 N–H and O–H groups in total. The molecule has 0 bridgehead atoms. The van der Waals surface area contributed by atoms with Gasteiger partial charge in [0.2, 0.25) is 0 Å². The number of hydrogen-bond donors (Lipinski definition) is 1. The molecule has 0 amide bonds. The Morgan fingerprint density at radius 2 is 1.85 bits per heavy atom. The van der Waals surface area contributed by atoms with Crippen LogP contribution in [0.15, 0.2) is 29.8 Å². The van der Waals surface area contributed by atoms with Crippen LogP contribution < -0.4 is 5.32 Å². The Hall–Kier alpha value is -1.22. The Morgan fingerprint density at radius 3 is 2.40 bits per heavy atom. The summed E-state index contributed by atoms with van der Waals surface area (Å²) in [5.41, 5.74) is 2.51. The minimum Gasteiger partial charge on any atom is -0.316 e. The van der Waals surface area contributed by atoms with Crippen LogP contribution in [0.3, 0.4) is 0 Å². The van der Waals surface area contributed by atoms with Crippen molar-refractivity contribution in [2.75, 3.05) is 13.6 Å². The fourth-order valence-electron chi connectivity index (χ4n) is 2.94. The second kappa shape index (κ2) is 7.53. The molecule has 3 heteroatoms. The molecule has 1 aliphatic rings. The van der Waals surface area contributed by atoms with Gasteiger partial charge in [-0.2, -0.15) is 0 Å². The lowest BCUT2D eigenvalue weighted by Crippen LogP contribution is -2.19. The predicted molar refractivity (Wildman–Crippen MR) is 79.9 cm³/mol. The maximum Gasteiger partial charge on any atom is 0.263 e. The van der Waals surface area contributed by atoms with E-state index in [1.807, 2.05) is 7.05 Å². The van der Waals surface area contributed by atoms with Gasteiger partial charge in [0.15, 0.2) is 0 Å². The smallest absolute Gasteiger partial charge is 0.263 e. The van der Waals surface area contributed by atoms with Crippen molar-refractivity contribution < 1.29 is 8.78 Å². The summed E-state index contributed by atoms with van der Waals surface area (Å²) in [6.07, 6.45) is 6.23. The number of benzene rings is 1. The molecule has 0 aromatic heterocycles. The molecular weight excluding hydrogens is 256 g/mol. The molecule has 20 heavy (non-hydrogen) atoms. The Labute approximate surface area is 120 Å². The van der Waals surface area contributed by atoms with Gasteiger partial charge >= 0.3 is 0 Å². The molecule has 1 aromatic carbocycles. The van der Waals surface area contributed by atoms with Gasteiger partial charge in [-0.25, -0.2) is 8.78 Å². The molecule has 1 fully saturated rings. The number of hydrogen-bond acceptors (Lipinski definition) is 1. The van der Waals surface area contributed by atoms with Gasteiger partial charge in [0.1, 0.15) is 0 Å². The van der Waals surface area contributed by atoms with Crippen LogP contribution in [0.1, 0.15) is 49.7 Å². The van der Waals surface area contributed by atoms with Gasteiger partial charge in [-0.1, -0.05) is 55.2 Å². The molecule has 0 spiro atoms. The van der Waals surface area contributed by atoms with E-state index in [4.69, 9.17) is 0 Å². The predicted octanol–water partition coefficient (Wildman–Crippen LogP) is 4.81. The van der Waals surface area contributed by atoms with Crippen molar-refractivity contribution in [3.05, 3.63) is 41.0 Å². The number of halogens is 2. The monoisotopic (exact) mass is 279 g/mol. The molecule has 0 saturated heterocycles. The fourth-order valence-corrected chi connectivity index (χ4v) is 2.94. The molecule has 1 aliphatic carbocycles. The molecule has 0 aliphatic heterocycles. The van der Waals surface area contributed by atoms with Crippen molar-refractivity contribution in [2.24, 2.45) is 5.92 Å². The molecule has 2 rings (SSSR count). The van der Waals surface area contributed by atoms with Gasteiger partial charge in [0, 0.05) is 12.1 Å². The van der Waals surface area contributed by atoms with E-state index in [-0.39, 0.29) is 5.56 Å². The van der Waals surface area contributed by atoms with Crippen molar-refractivity contribution >= 4 is 6.08 Å². The molecule has 0 atom stereocenters. The third kappa shape index (κ3) is 4.14. The Bertz CT molecular complexity index is 431. The summed E-state index contributed by atoms with van der Waals surface area (Å²) in [6, 6.07) is 6.63. The van der Waals surface area contributed by atoms with Crippen LogP contribution in [0.2, 0.25) is 0 Å². The minimum absolute atomic E-state index is 0.0926.